The molecule has 2 aromatic carbocycles. The average molecular weight is 357 g/mol. The van der Waals surface area contributed by atoms with Crippen LogP contribution in [0.3, 0.4) is 0 Å². The van der Waals surface area contributed by atoms with Gasteiger partial charge in [0.15, 0.2) is 11.5 Å². The highest BCUT2D eigenvalue weighted by Crippen LogP contribution is 2.34. The molecule has 3 N–H and O–H groups in total. The number of nitrogens with one attached hydrogen (secondary N) is 3. The quantitative estimate of drug-likeness (QED) is 0.492. The number of rotatable bonds is 3. The first-order valence-corrected chi connectivity index (χ1v) is 8.51. The standard InChI is InChI=1S/C17H15N3O4S/c1-9-6-11-12(19-17(22)16(21)18-11)8-15(9)25-20-10-2-3-13-14(7-10)24-5-4-23-13/h2-3,6-8,20H,4-5H2,1H3,(H,18,21)(H,19,22). The van der Waals surface area contributed by atoms with Gasteiger partial charge in [-0.1, -0.05) is 0 Å². The van der Waals surface area contributed by atoms with Gasteiger partial charge in [-0.25, -0.2) is 0 Å². The van der Waals surface area contributed by atoms with Crippen molar-refractivity contribution in [2.24, 2.45) is 0 Å². The first-order valence-electron chi connectivity index (χ1n) is 7.69. The van der Waals surface area contributed by atoms with Crippen LogP contribution in [0.1, 0.15) is 5.56 Å². The molecule has 0 saturated carbocycles. The number of aromatic amines is 2. The predicted octanol–water partition coefficient (Wildman–Crippen LogP) is 2.42. The molecule has 1 aromatic heterocycles. The zero-order valence-corrected chi connectivity index (χ0v) is 14.2. The van der Waals surface area contributed by atoms with Crippen molar-refractivity contribution in [2.45, 2.75) is 11.8 Å². The first kappa shape index (κ1) is 15.6. The lowest BCUT2D eigenvalue weighted by atomic mass is 10.2. The van der Waals surface area contributed by atoms with Gasteiger partial charge in [-0.3, -0.25) is 9.59 Å². The van der Waals surface area contributed by atoms with Crippen molar-refractivity contribution in [3.63, 3.8) is 0 Å². The number of aryl methyl sites for hydroxylation is 1. The Balaban J connectivity index is 1.60. The highest BCUT2D eigenvalue weighted by atomic mass is 32.2. The third kappa shape index (κ3) is 3.08. The van der Waals surface area contributed by atoms with Gasteiger partial charge < -0.3 is 24.2 Å². The van der Waals surface area contributed by atoms with Crippen LogP contribution in [0.4, 0.5) is 5.69 Å². The van der Waals surface area contributed by atoms with Crippen molar-refractivity contribution in [2.75, 3.05) is 17.9 Å². The molecule has 3 aromatic rings. The van der Waals surface area contributed by atoms with Gasteiger partial charge in [-0.15, -0.1) is 0 Å². The minimum atomic E-state index is -0.660. The number of benzene rings is 2. The van der Waals surface area contributed by atoms with Crippen LogP contribution in [0, 0.1) is 6.92 Å². The molecule has 8 heteroatoms. The Morgan fingerprint density at radius 1 is 0.960 bits per heavy atom. The van der Waals surface area contributed by atoms with E-state index in [0.29, 0.717) is 30.0 Å². The van der Waals surface area contributed by atoms with E-state index >= 15 is 0 Å². The second-order valence-corrected chi connectivity index (χ2v) is 6.48. The molecule has 1 aliphatic rings. The molecule has 2 heterocycles. The smallest absolute Gasteiger partial charge is 0.314 e. The highest BCUT2D eigenvalue weighted by Gasteiger charge is 2.12. The molecule has 0 radical (unpaired) electrons. The molecule has 0 spiro atoms. The van der Waals surface area contributed by atoms with Gasteiger partial charge in [0.1, 0.15) is 13.2 Å². The maximum atomic E-state index is 11.5. The van der Waals surface area contributed by atoms with E-state index < -0.39 is 11.1 Å². The fraction of sp³-hybridized carbons (Fsp3) is 0.176. The van der Waals surface area contributed by atoms with Crippen LogP contribution in [0.15, 0.2) is 44.8 Å². The van der Waals surface area contributed by atoms with Crippen LogP contribution in [-0.4, -0.2) is 23.2 Å². The average Bonchev–Trinajstić information content (AvgIpc) is 2.61. The molecule has 0 amide bonds. The Morgan fingerprint density at radius 3 is 2.40 bits per heavy atom. The van der Waals surface area contributed by atoms with Crippen molar-refractivity contribution < 1.29 is 9.47 Å². The molecule has 128 valence electrons. The zero-order chi connectivity index (χ0) is 17.4. The molecular formula is C17H15N3O4S. The minimum Gasteiger partial charge on any atom is -0.486 e. The number of aromatic nitrogens is 2. The lowest BCUT2D eigenvalue weighted by Gasteiger charge is -2.19. The van der Waals surface area contributed by atoms with Gasteiger partial charge in [0.2, 0.25) is 0 Å². The van der Waals surface area contributed by atoms with E-state index in [9.17, 15) is 9.59 Å². The summed E-state index contributed by atoms with van der Waals surface area (Å²) >= 11 is 1.42. The largest absolute Gasteiger partial charge is 0.486 e. The molecule has 0 saturated heterocycles. The highest BCUT2D eigenvalue weighted by molar-refractivity contribution is 8.00. The summed E-state index contributed by atoms with van der Waals surface area (Å²) in [6, 6.07) is 9.33. The molecule has 25 heavy (non-hydrogen) atoms. The third-order valence-electron chi connectivity index (χ3n) is 3.84. The topological polar surface area (TPSA) is 96.2 Å². The second kappa shape index (κ2) is 6.21. The lowest BCUT2D eigenvalue weighted by molar-refractivity contribution is 0.171. The molecule has 0 fully saturated rings. The Morgan fingerprint density at radius 2 is 1.64 bits per heavy atom. The number of anilines is 1. The number of hydrogen-bond donors (Lipinski definition) is 3. The molecular weight excluding hydrogens is 342 g/mol. The fourth-order valence-electron chi connectivity index (χ4n) is 2.58. The zero-order valence-electron chi connectivity index (χ0n) is 13.3. The Bertz CT molecular complexity index is 1070. The summed E-state index contributed by atoms with van der Waals surface area (Å²) in [7, 11) is 0. The Labute approximate surface area is 146 Å². The normalized spacial score (nSPS) is 13.0. The van der Waals surface area contributed by atoms with Crippen LogP contribution in [0.5, 0.6) is 11.5 Å². The van der Waals surface area contributed by atoms with Gasteiger partial charge in [0.25, 0.3) is 0 Å². The maximum Gasteiger partial charge on any atom is 0.314 e. The van der Waals surface area contributed by atoms with Crippen molar-refractivity contribution >= 4 is 28.7 Å². The summed E-state index contributed by atoms with van der Waals surface area (Å²) in [5.74, 6) is 1.46. The predicted molar refractivity (Wildman–Crippen MR) is 96.8 cm³/mol. The molecule has 7 nitrogen and oxygen atoms in total. The van der Waals surface area contributed by atoms with Gasteiger partial charge in [-0.2, -0.15) is 0 Å². The number of hydrogen-bond acceptors (Lipinski definition) is 6. The lowest BCUT2D eigenvalue weighted by Crippen LogP contribution is -2.28. The SMILES string of the molecule is Cc1cc2[nH]c(=O)c(=O)[nH]c2cc1SNc1ccc2c(c1)OCCO2. The van der Waals surface area contributed by atoms with E-state index in [0.717, 1.165) is 21.9 Å². The van der Waals surface area contributed by atoms with Gasteiger partial charge in [0.05, 0.1) is 11.0 Å². The molecule has 0 aliphatic carbocycles. The van der Waals surface area contributed by atoms with E-state index in [2.05, 4.69) is 14.7 Å². The van der Waals surface area contributed by atoms with E-state index in [1.165, 1.54) is 11.9 Å². The van der Waals surface area contributed by atoms with Crippen molar-refractivity contribution in [1.82, 2.24) is 9.97 Å². The van der Waals surface area contributed by atoms with Crippen molar-refractivity contribution in [3.8, 4) is 11.5 Å². The summed E-state index contributed by atoms with van der Waals surface area (Å²) in [5.41, 5.74) is 1.73. The first-order chi connectivity index (χ1) is 12.1. The summed E-state index contributed by atoms with van der Waals surface area (Å²) < 4.78 is 14.3. The van der Waals surface area contributed by atoms with Gasteiger partial charge in [0, 0.05) is 16.6 Å². The monoisotopic (exact) mass is 357 g/mol. The maximum absolute atomic E-state index is 11.5. The van der Waals surface area contributed by atoms with Crippen LogP contribution < -0.4 is 25.3 Å². The molecule has 0 bridgehead atoms. The number of H-pyrrole nitrogens is 2. The second-order valence-electron chi connectivity index (χ2n) is 5.63. The molecule has 0 atom stereocenters. The van der Waals surface area contributed by atoms with Crippen LogP contribution in [0.25, 0.3) is 11.0 Å². The summed E-state index contributed by atoms with van der Waals surface area (Å²) in [5, 5.41) is 0. The van der Waals surface area contributed by atoms with Crippen molar-refractivity contribution in [3.05, 3.63) is 56.6 Å². The third-order valence-corrected chi connectivity index (χ3v) is 4.84. The Kier molecular flexibility index (Phi) is 3.89. The number of fused-ring (bicyclic) bond motifs is 2. The van der Waals surface area contributed by atoms with Gasteiger partial charge >= 0.3 is 11.1 Å². The van der Waals surface area contributed by atoms with E-state index in [1.807, 2.05) is 37.3 Å². The van der Waals surface area contributed by atoms with Gasteiger partial charge in [-0.05, 0) is 48.7 Å². The number of ether oxygens (including phenoxy) is 2. The van der Waals surface area contributed by atoms with Crippen LogP contribution in [-0.2, 0) is 0 Å². The summed E-state index contributed by atoms with van der Waals surface area (Å²) in [6.45, 7) is 3.04. The van der Waals surface area contributed by atoms with Crippen molar-refractivity contribution in [1.29, 1.82) is 0 Å². The van der Waals surface area contributed by atoms with Crippen LogP contribution >= 0.6 is 11.9 Å². The fourth-order valence-corrected chi connectivity index (χ4v) is 3.34. The molecule has 4 rings (SSSR count). The van der Waals surface area contributed by atoms with E-state index in [-0.39, 0.29) is 0 Å². The van der Waals surface area contributed by atoms with Crippen LogP contribution in [0.2, 0.25) is 0 Å². The van der Waals surface area contributed by atoms with E-state index in [4.69, 9.17) is 9.47 Å². The summed E-state index contributed by atoms with van der Waals surface area (Å²) in [6.07, 6.45) is 0. The molecule has 1 aliphatic heterocycles. The summed E-state index contributed by atoms with van der Waals surface area (Å²) in [4.78, 5) is 29.0. The molecule has 0 unspecified atom stereocenters. The Hall–Kier alpha value is -2.87. The minimum absolute atomic E-state index is 0.541. The van der Waals surface area contributed by atoms with E-state index in [1.54, 1.807) is 0 Å².